The van der Waals surface area contributed by atoms with Crippen LogP contribution in [-0.4, -0.2) is 40.8 Å². The second-order valence-corrected chi connectivity index (χ2v) is 8.28. The van der Waals surface area contributed by atoms with Crippen LogP contribution in [0.4, 0.5) is 4.79 Å². The molecule has 0 aromatic heterocycles. The maximum Gasteiger partial charge on any atom is 0.407 e. The fourth-order valence-corrected chi connectivity index (χ4v) is 4.76. The van der Waals surface area contributed by atoms with E-state index in [9.17, 15) is 4.79 Å². The zero-order chi connectivity index (χ0) is 16.4. The zero-order valence-electron chi connectivity index (χ0n) is 15.1. The highest BCUT2D eigenvalue weighted by atomic mass is 16.6. The van der Waals surface area contributed by atoms with Crippen molar-refractivity contribution in [3.63, 3.8) is 0 Å². The Kier molecular flexibility index (Phi) is 5.41. The van der Waals surface area contributed by atoms with Crippen molar-refractivity contribution in [2.24, 2.45) is 0 Å². The lowest BCUT2D eigenvalue weighted by atomic mass is 9.78. The molecule has 1 N–H and O–H groups in total. The Balaban J connectivity index is 1.91. The van der Waals surface area contributed by atoms with Crippen LogP contribution in [0.1, 0.15) is 79.6 Å². The average molecular weight is 310 g/mol. The molecule has 0 aromatic carbocycles. The quantitative estimate of drug-likeness (QED) is 0.853. The Labute approximate surface area is 136 Å². The summed E-state index contributed by atoms with van der Waals surface area (Å²) < 4.78 is 5.78. The molecule has 1 amide bonds. The smallest absolute Gasteiger partial charge is 0.407 e. The summed E-state index contributed by atoms with van der Waals surface area (Å²) in [7, 11) is 0. The molecule has 22 heavy (non-hydrogen) atoms. The monoisotopic (exact) mass is 310 g/mol. The number of likely N-dealkylation sites (tertiary alicyclic amines) is 1. The molecule has 1 saturated carbocycles. The first-order valence-corrected chi connectivity index (χ1v) is 8.99. The normalized spacial score (nSPS) is 26.6. The third-order valence-electron chi connectivity index (χ3n) is 5.43. The molecule has 2 aliphatic rings. The van der Waals surface area contributed by atoms with E-state index in [-0.39, 0.29) is 23.3 Å². The lowest BCUT2D eigenvalue weighted by molar-refractivity contribution is -0.0807. The van der Waals surface area contributed by atoms with E-state index in [2.05, 4.69) is 44.8 Å². The first kappa shape index (κ1) is 17.6. The molecule has 1 aliphatic carbocycles. The third kappa shape index (κ3) is 4.15. The Bertz CT molecular complexity index is 369. The number of amides is 1. The fraction of sp³-hybridized carbons (Fsp3) is 0.944. The molecule has 1 heterocycles. The summed E-state index contributed by atoms with van der Waals surface area (Å²) in [6, 6.07) is 0.318. The summed E-state index contributed by atoms with van der Waals surface area (Å²) in [5.41, 5.74) is 0.124. The van der Waals surface area contributed by atoms with Gasteiger partial charge in [0.15, 0.2) is 0 Å². The van der Waals surface area contributed by atoms with Crippen molar-refractivity contribution >= 4 is 6.09 Å². The van der Waals surface area contributed by atoms with E-state index in [1.807, 2.05) is 0 Å². The lowest BCUT2D eigenvalue weighted by Crippen LogP contribution is -2.62. The predicted octanol–water partition coefficient (Wildman–Crippen LogP) is 4.09. The topological polar surface area (TPSA) is 41.6 Å². The van der Waals surface area contributed by atoms with E-state index < -0.39 is 0 Å². The number of carbonyl (C=O) groups excluding carboxylic acids is 1. The second-order valence-electron chi connectivity index (χ2n) is 8.28. The summed E-state index contributed by atoms with van der Waals surface area (Å²) in [5, 5.41) is 3.07. The van der Waals surface area contributed by atoms with Gasteiger partial charge >= 0.3 is 6.09 Å². The number of piperidine rings is 1. The Morgan fingerprint density at radius 1 is 1.09 bits per heavy atom. The number of hydrogen-bond acceptors (Lipinski definition) is 3. The summed E-state index contributed by atoms with van der Waals surface area (Å²) in [4.78, 5) is 14.7. The summed E-state index contributed by atoms with van der Waals surface area (Å²) in [6.07, 6.45) is 7.54. The Morgan fingerprint density at radius 3 is 2.14 bits per heavy atom. The van der Waals surface area contributed by atoms with Gasteiger partial charge < -0.3 is 10.1 Å². The molecule has 0 spiro atoms. The minimum Gasteiger partial charge on any atom is -0.446 e. The van der Waals surface area contributed by atoms with Crippen LogP contribution in [0.15, 0.2) is 0 Å². The Hall–Kier alpha value is -0.770. The molecule has 0 aromatic rings. The van der Waals surface area contributed by atoms with Crippen LogP contribution in [0.3, 0.4) is 0 Å². The van der Waals surface area contributed by atoms with Crippen LogP contribution < -0.4 is 5.32 Å². The number of nitrogens with one attached hydrogen (secondary N) is 1. The first-order chi connectivity index (χ1) is 10.2. The molecule has 2 fully saturated rings. The third-order valence-corrected chi connectivity index (χ3v) is 5.43. The largest absolute Gasteiger partial charge is 0.446 e. The van der Waals surface area contributed by atoms with E-state index >= 15 is 0 Å². The van der Waals surface area contributed by atoms with Gasteiger partial charge in [0, 0.05) is 30.0 Å². The van der Waals surface area contributed by atoms with Crippen LogP contribution in [-0.2, 0) is 4.74 Å². The van der Waals surface area contributed by atoms with Gasteiger partial charge in [0.2, 0.25) is 0 Å². The van der Waals surface area contributed by atoms with Crippen molar-refractivity contribution in [2.75, 3.05) is 6.54 Å². The average Bonchev–Trinajstić information content (AvgIpc) is 2.36. The van der Waals surface area contributed by atoms with Gasteiger partial charge in [-0.2, -0.15) is 0 Å². The molecule has 4 heteroatoms. The van der Waals surface area contributed by atoms with Crippen LogP contribution in [0, 0.1) is 0 Å². The van der Waals surface area contributed by atoms with Gasteiger partial charge in [-0.3, -0.25) is 4.90 Å². The van der Waals surface area contributed by atoms with Crippen molar-refractivity contribution in [2.45, 2.75) is 103 Å². The zero-order valence-corrected chi connectivity index (χ0v) is 15.1. The minimum atomic E-state index is -0.214. The molecule has 2 rings (SSSR count). The maximum atomic E-state index is 12.2. The van der Waals surface area contributed by atoms with Crippen molar-refractivity contribution < 1.29 is 9.53 Å². The minimum absolute atomic E-state index is 0.0105. The lowest BCUT2D eigenvalue weighted by Gasteiger charge is -2.54. The molecular weight excluding hydrogens is 276 g/mol. The maximum absolute atomic E-state index is 12.2. The standard InChI is InChI=1S/C18H34N2O2/c1-6-20-17(2,3)12-15(13-18(20,4)5)22-16(21)19-14-10-8-7-9-11-14/h14-15H,6-13H2,1-5H3,(H,19,21). The van der Waals surface area contributed by atoms with Gasteiger partial charge in [0.05, 0.1) is 0 Å². The van der Waals surface area contributed by atoms with Crippen molar-refractivity contribution in [1.29, 1.82) is 0 Å². The molecule has 0 bridgehead atoms. The van der Waals surface area contributed by atoms with Gasteiger partial charge in [-0.1, -0.05) is 26.2 Å². The van der Waals surface area contributed by atoms with Crippen molar-refractivity contribution in [3.05, 3.63) is 0 Å². The molecule has 1 saturated heterocycles. The number of rotatable bonds is 3. The van der Waals surface area contributed by atoms with E-state index in [1.54, 1.807) is 0 Å². The molecule has 0 unspecified atom stereocenters. The highest BCUT2D eigenvalue weighted by Gasteiger charge is 2.45. The molecule has 1 aliphatic heterocycles. The van der Waals surface area contributed by atoms with Crippen LogP contribution in [0.25, 0.3) is 0 Å². The number of carbonyl (C=O) groups is 1. The van der Waals surface area contributed by atoms with Crippen LogP contribution >= 0.6 is 0 Å². The highest BCUT2D eigenvalue weighted by molar-refractivity contribution is 5.67. The summed E-state index contributed by atoms with van der Waals surface area (Å²) in [6.45, 7) is 12.3. The number of hydrogen-bond donors (Lipinski definition) is 1. The summed E-state index contributed by atoms with van der Waals surface area (Å²) >= 11 is 0. The van der Waals surface area contributed by atoms with Crippen LogP contribution in [0.2, 0.25) is 0 Å². The van der Waals surface area contributed by atoms with E-state index in [1.165, 1.54) is 19.3 Å². The Morgan fingerprint density at radius 2 is 1.64 bits per heavy atom. The number of nitrogens with zero attached hydrogens (tertiary/aromatic N) is 1. The van der Waals surface area contributed by atoms with Gasteiger partial charge in [-0.15, -0.1) is 0 Å². The van der Waals surface area contributed by atoms with Gasteiger partial charge in [0.1, 0.15) is 6.10 Å². The fourth-order valence-electron chi connectivity index (χ4n) is 4.76. The van der Waals surface area contributed by atoms with Gasteiger partial charge in [0.25, 0.3) is 0 Å². The molecular formula is C18H34N2O2. The van der Waals surface area contributed by atoms with Crippen LogP contribution in [0.5, 0.6) is 0 Å². The van der Waals surface area contributed by atoms with Gasteiger partial charge in [-0.05, 0) is 47.1 Å². The van der Waals surface area contributed by atoms with E-state index in [0.717, 1.165) is 32.2 Å². The van der Waals surface area contributed by atoms with E-state index in [4.69, 9.17) is 4.74 Å². The molecule has 0 atom stereocenters. The number of ether oxygens (including phenoxy) is 1. The number of alkyl carbamates (subject to hydrolysis) is 1. The van der Waals surface area contributed by atoms with Crippen molar-refractivity contribution in [1.82, 2.24) is 10.2 Å². The van der Waals surface area contributed by atoms with Crippen molar-refractivity contribution in [3.8, 4) is 0 Å². The van der Waals surface area contributed by atoms with E-state index in [0.29, 0.717) is 6.04 Å². The molecule has 4 nitrogen and oxygen atoms in total. The highest BCUT2D eigenvalue weighted by Crippen LogP contribution is 2.39. The molecule has 0 radical (unpaired) electrons. The summed E-state index contributed by atoms with van der Waals surface area (Å²) in [5.74, 6) is 0. The first-order valence-electron chi connectivity index (χ1n) is 8.99. The predicted molar refractivity (Wildman–Crippen MR) is 90.0 cm³/mol. The SMILES string of the molecule is CCN1C(C)(C)CC(OC(=O)NC2CCCCC2)CC1(C)C. The second kappa shape index (κ2) is 6.77. The van der Waals surface area contributed by atoms with Gasteiger partial charge in [-0.25, -0.2) is 4.79 Å². The molecule has 128 valence electrons.